The van der Waals surface area contributed by atoms with E-state index in [2.05, 4.69) is 10.3 Å². The SMILES string of the molecule is CC(C)COc1cc(Cl)cc(S(=O)(=O)c2ccc(CNC(=O)c3cc4ccncc4o3)cc2)c1. The van der Waals surface area contributed by atoms with Gasteiger partial charge in [-0.2, -0.15) is 0 Å². The number of amides is 1. The number of nitrogens with one attached hydrogen (secondary N) is 1. The second-order valence-corrected chi connectivity index (χ2v) is 10.6. The maximum Gasteiger partial charge on any atom is 0.287 e. The smallest absolute Gasteiger partial charge is 0.287 e. The van der Waals surface area contributed by atoms with Crippen LogP contribution in [0.2, 0.25) is 5.02 Å². The molecule has 0 saturated heterocycles. The van der Waals surface area contributed by atoms with E-state index in [1.807, 2.05) is 13.8 Å². The van der Waals surface area contributed by atoms with E-state index < -0.39 is 9.84 Å². The molecule has 0 atom stereocenters. The third-order valence-corrected chi connectivity index (χ3v) is 6.94. The van der Waals surface area contributed by atoms with Crippen LogP contribution in [0.15, 0.2) is 81.2 Å². The van der Waals surface area contributed by atoms with E-state index in [9.17, 15) is 13.2 Å². The van der Waals surface area contributed by atoms with Crippen molar-refractivity contribution in [2.75, 3.05) is 6.61 Å². The first-order valence-corrected chi connectivity index (χ1v) is 12.5. The number of ether oxygens (including phenoxy) is 1. The average Bonchev–Trinajstić information content (AvgIpc) is 3.26. The standard InChI is InChI=1S/C25H23ClN2O5S/c1-16(2)15-32-20-10-19(26)11-22(12-20)34(30,31)21-5-3-17(4-6-21)13-28-25(29)23-9-18-7-8-27-14-24(18)33-23/h3-12,14,16H,13,15H2,1-2H3,(H,28,29). The van der Waals surface area contributed by atoms with E-state index in [-0.39, 0.29) is 38.9 Å². The van der Waals surface area contributed by atoms with Crippen molar-refractivity contribution in [2.24, 2.45) is 5.92 Å². The number of benzene rings is 2. The van der Waals surface area contributed by atoms with Gasteiger partial charge in [0.25, 0.3) is 5.91 Å². The summed E-state index contributed by atoms with van der Waals surface area (Å²) in [5, 5.41) is 3.83. The molecule has 0 radical (unpaired) electrons. The lowest BCUT2D eigenvalue weighted by Gasteiger charge is -2.12. The van der Waals surface area contributed by atoms with Crippen LogP contribution >= 0.6 is 11.6 Å². The summed E-state index contributed by atoms with van der Waals surface area (Å²) in [4.78, 5) is 16.5. The Morgan fingerprint density at radius 2 is 1.85 bits per heavy atom. The van der Waals surface area contributed by atoms with Crippen LogP contribution in [0.1, 0.15) is 30.0 Å². The first kappa shape index (κ1) is 23.8. The van der Waals surface area contributed by atoms with Crippen molar-refractivity contribution in [2.45, 2.75) is 30.2 Å². The van der Waals surface area contributed by atoms with Crippen molar-refractivity contribution in [3.63, 3.8) is 0 Å². The Labute approximate surface area is 202 Å². The van der Waals surface area contributed by atoms with Gasteiger partial charge in [-0.1, -0.05) is 37.6 Å². The van der Waals surface area contributed by atoms with Crippen molar-refractivity contribution in [1.29, 1.82) is 0 Å². The number of aromatic nitrogens is 1. The molecule has 0 aliphatic rings. The molecule has 2 heterocycles. The minimum Gasteiger partial charge on any atom is -0.493 e. The van der Waals surface area contributed by atoms with Crippen LogP contribution in [0, 0.1) is 5.92 Å². The molecule has 2 aromatic heterocycles. The predicted molar refractivity (Wildman–Crippen MR) is 129 cm³/mol. The van der Waals surface area contributed by atoms with Crippen LogP contribution in [-0.2, 0) is 16.4 Å². The first-order chi connectivity index (χ1) is 16.2. The number of furan rings is 1. The second kappa shape index (κ2) is 9.87. The van der Waals surface area contributed by atoms with Gasteiger partial charge in [-0.15, -0.1) is 0 Å². The van der Waals surface area contributed by atoms with Crippen LogP contribution in [0.3, 0.4) is 0 Å². The number of hydrogen-bond donors (Lipinski definition) is 1. The summed E-state index contributed by atoms with van der Waals surface area (Å²) >= 11 is 6.14. The molecule has 0 fully saturated rings. The predicted octanol–water partition coefficient (Wildman–Crippen LogP) is 5.28. The molecule has 4 aromatic rings. The van der Waals surface area contributed by atoms with Gasteiger partial charge in [-0.25, -0.2) is 8.42 Å². The molecule has 2 aromatic carbocycles. The molecule has 1 N–H and O–H groups in total. The summed E-state index contributed by atoms with van der Waals surface area (Å²) in [6.45, 7) is 4.66. The number of rotatable bonds is 8. The number of hydrogen-bond acceptors (Lipinski definition) is 6. The summed E-state index contributed by atoms with van der Waals surface area (Å²) in [7, 11) is -3.80. The highest BCUT2D eigenvalue weighted by Gasteiger charge is 2.20. The van der Waals surface area contributed by atoms with Crippen LogP contribution in [0.5, 0.6) is 5.75 Å². The summed E-state index contributed by atoms with van der Waals surface area (Å²) in [5.74, 6) is 0.496. The lowest BCUT2D eigenvalue weighted by atomic mass is 10.2. The number of halogens is 1. The van der Waals surface area contributed by atoms with E-state index in [0.717, 1.165) is 10.9 Å². The van der Waals surface area contributed by atoms with Crippen LogP contribution in [0.25, 0.3) is 11.0 Å². The third-order valence-electron chi connectivity index (χ3n) is 4.97. The van der Waals surface area contributed by atoms with Crippen LogP contribution in [-0.4, -0.2) is 25.9 Å². The van der Waals surface area contributed by atoms with E-state index >= 15 is 0 Å². The first-order valence-electron chi connectivity index (χ1n) is 10.6. The molecular weight excluding hydrogens is 476 g/mol. The number of carbonyl (C=O) groups excluding carboxylic acids is 1. The highest BCUT2D eigenvalue weighted by atomic mass is 35.5. The maximum absolute atomic E-state index is 13.1. The highest BCUT2D eigenvalue weighted by Crippen LogP contribution is 2.29. The number of sulfone groups is 1. The number of fused-ring (bicyclic) bond motifs is 1. The third kappa shape index (κ3) is 5.40. The van der Waals surface area contributed by atoms with Gasteiger partial charge in [0, 0.05) is 23.2 Å². The molecule has 0 bridgehead atoms. The van der Waals surface area contributed by atoms with Gasteiger partial charge in [0.05, 0.1) is 22.6 Å². The van der Waals surface area contributed by atoms with Crippen molar-refractivity contribution in [3.05, 3.63) is 83.3 Å². The van der Waals surface area contributed by atoms with E-state index in [0.29, 0.717) is 17.9 Å². The van der Waals surface area contributed by atoms with E-state index in [4.69, 9.17) is 20.8 Å². The molecule has 0 aliphatic carbocycles. The minimum atomic E-state index is -3.80. The molecule has 9 heteroatoms. The van der Waals surface area contributed by atoms with Gasteiger partial charge in [-0.3, -0.25) is 9.78 Å². The molecule has 1 amide bonds. The fourth-order valence-corrected chi connectivity index (χ4v) is 4.84. The van der Waals surface area contributed by atoms with E-state index in [1.165, 1.54) is 24.3 Å². The number of nitrogens with zero attached hydrogens (tertiary/aromatic N) is 1. The van der Waals surface area contributed by atoms with Crippen molar-refractivity contribution in [3.8, 4) is 5.75 Å². The summed E-state index contributed by atoms with van der Waals surface area (Å²) in [6.07, 6.45) is 3.17. The Balaban J connectivity index is 1.45. The molecule has 0 unspecified atom stereocenters. The number of pyridine rings is 1. The summed E-state index contributed by atoms with van der Waals surface area (Å²) < 4.78 is 37.4. The normalized spacial score (nSPS) is 11.6. The van der Waals surface area contributed by atoms with Gasteiger partial charge in [0.1, 0.15) is 5.75 Å². The zero-order valence-electron chi connectivity index (χ0n) is 18.6. The van der Waals surface area contributed by atoms with Gasteiger partial charge < -0.3 is 14.5 Å². The summed E-state index contributed by atoms with van der Waals surface area (Å²) in [5.41, 5.74) is 1.26. The highest BCUT2D eigenvalue weighted by molar-refractivity contribution is 7.91. The van der Waals surface area contributed by atoms with Crippen molar-refractivity contribution < 1.29 is 22.4 Å². The molecule has 7 nitrogen and oxygen atoms in total. The van der Waals surface area contributed by atoms with Crippen molar-refractivity contribution in [1.82, 2.24) is 10.3 Å². The average molecular weight is 499 g/mol. The zero-order chi connectivity index (χ0) is 24.3. The van der Waals surface area contributed by atoms with E-state index in [1.54, 1.807) is 42.7 Å². The number of carbonyl (C=O) groups is 1. The quantitative estimate of drug-likeness (QED) is 0.355. The van der Waals surface area contributed by atoms with Crippen molar-refractivity contribution >= 4 is 38.3 Å². The van der Waals surface area contributed by atoms with Gasteiger partial charge in [0.2, 0.25) is 9.84 Å². The van der Waals surface area contributed by atoms with Crippen LogP contribution < -0.4 is 10.1 Å². The molecule has 0 aliphatic heterocycles. The van der Waals surface area contributed by atoms with Gasteiger partial charge >= 0.3 is 0 Å². The zero-order valence-corrected chi connectivity index (χ0v) is 20.2. The fourth-order valence-electron chi connectivity index (χ4n) is 3.23. The molecule has 4 rings (SSSR count). The molecule has 34 heavy (non-hydrogen) atoms. The topological polar surface area (TPSA) is 98.5 Å². The Morgan fingerprint density at radius 1 is 1.09 bits per heavy atom. The summed E-state index contributed by atoms with van der Waals surface area (Å²) in [6, 6.07) is 14.2. The fraction of sp³-hybridized carbons (Fsp3) is 0.200. The Hall–Kier alpha value is -3.36. The largest absolute Gasteiger partial charge is 0.493 e. The van der Waals surface area contributed by atoms with Crippen LogP contribution in [0.4, 0.5) is 0 Å². The molecule has 0 spiro atoms. The lowest BCUT2D eigenvalue weighted by molar-refractivity contribution is 0.0925. The molecule has 176 valence electrons. The Morgan fingerprint density at radius 3 is 2.56 bits per heavy atom. The Bertz CT molecular complexity index is 1400. The van der Waals surface area contributed by atoms with Gasteiger partial charge in [-0.05, 0) is 53.9 Å². The lowest BCUT2D eigenvalue weighted by Crippen LogP contribution is -2.22. The molecule has 0 saturated carbocycles. The van der Waals surface area contributed by atoms with Gasteiger partial charge in [0.15, 0.2) is 11.3 Å². The molecular formula is C25H23ClN2O5S. The Kier molecular flexibility index (Phi) is 6.90. The monoisotopic (exact) mass is 498 g/mol. The second-order valence-electron chi connectivity index (χ2n) is 8.18. The maximum atomic E-state index is 13.1. The minimum absolute atomic E-state index is 0.0548.